The SMILES string of the molecule is N#Cc1ccnnc1Oc1ccc(Cl)c2ccccc12. The number of fused-ring (bicyclic) bond motifs is 1. The molecular weight excluding hydrogens is 274 g/mol. The van der Waals surface area contributed by atoms with Crippen LogP contribution in [-0.2, 0) is 0 Å². The Morgan fingerprint density at radius 3 is 2.65 bits per heavy atom. The first-order chi connectivity index (χ1) is 9.79. The predicted octanol–water partition coefficient (Wildman–Crippen LogP) is 3.95. The van der Waals surface area contributed by atoms with Crippen molar-refractivity contribution in [3.8, 4) is 17.7 Å². The van der Waals surface area contributed by atoms with E-state index in [1.54, 1.807) is 18.2 Å². The Morgan fingerprint density at radius 2 is 1.85 bits per heavy atom. The summed E-state index contributed by atoms with van der Waals surface area (Å²) >= 11 is 6.15. The maximum atomic E-state index is 9.03. The Balaban J connectivity index is 2.12. The van der Waals surface area contributed by atoms with Gasteiger partial charge < -0.3 is 4.74 Å². The first-order valence-electron chi connectivity index (χ1n) is 5.86. The molecule has 0 aliphatic heterocycles. The van der Waals surface area contributed by atoms with Gasteiger partial charge in [-0.05, 0) is 18.2 Å². The number of nitrogens with zero attached hydrogens (tertiary/aromatic N) is 3. The second-order valence-electron chi connectivity index (χ2n) is 4.06. The molecule has 4 nitrogen and oxygen atoms in total. The van der Waals surface area contributed by atoms with Gasteiger partial charge in [-0.3, -0.25) is 0 Å². The average molecular weight is 282 g/mol. The molecule has 0 bridgehead atoms. The molecule has 5 heteroatoms. The van der Waals surface area contributed by atoms with E-state index >= 15 is 0 Å². The highest BCUT2D eigenvalue weighted by molar-refractivity contribution is 6.35. The minimum absolute atomic E-state index is 0.183. The summed E-state index contributed by atoms with van der Waals surface area (Å²) in [5.74, 6) is 0.768. The molecule has 2 aromatic carbocycles. The van der Waals surface area contributed by atoms with Crippen LogP contribution in [0.1, 0.15) is 5.56 Å². The van der Waals surface area contributed by atoms with Gasteiger partial charge in [-0.25, -0.2) is 0 Å². The van der Waals surface area contributed by atoms with Crippen molar-refractivity contribution in [1.82, 2.24) is 10.2 Å². The number of aromatic nitrogens is 2. The van der Waals surface area contributed by atoms with Crippen LogP contribution >= 0.6 is 11.6 Å². The molecule has 0 aliphatic carbocycles. The molecule has 0 saturated carbocycles. The number of rotatable bonds is 2. The molecular formula is C15H8ClN3O. The summed E-state index contributed by atoms with van der Waals surface area (Å²) in [4.78, 5) is 0. The number of benzene rings is 2. The third-order valence-electron chi connectivity index (χ3n) is 2.84. The number of hydrogen-bond donors (Lipinski definition) is 0. The standard InChI is InChI=1S/C15H8ClN3O/c16-13-5-6-14(12-4-2-1-3-11(12)13)20-15-10(9-17)7-8-18-19-15/h1-8H. The predicted molar refractivity (Wildman–Crippen MR) is 75.8 cm³/mol. The van der Waals surface area contributed by atoms with E-state index in [1.165, 1.54) is 6.20 Å². The molecule has 3 aromatic rings. The highest BCUT2D eigenvalue weighted by Crippen LogP contribution is 2.33. The van der Waals surface area contributed by atoms with Gasteiger partial charge in [-0.1, -0.05) is 35.9 Å². The zero-order valence-electron chi connectivity index (χ0n) is 10.2. The molecule has 0 saturated heterocycles. The number of halogens is 1. The summed E-state index contributed by atoms with van der Waals surface area (Å²) in [5, 5.41) is 19.0. The quantitative estimate of drug-likeness (QED) is 0.714. The molecule has 20 heavy (non-hydrogen) atoms. The Kier molecular flexibility index (Phi) is 3.20. The molecule has 96 valence electrons. The van der Waals surface area contributed by atoms with Crippen molar-refractivity contribution in [2.24, 2.45) is 0 Å². The average Bonchev–Trinajstić information content (AvgIpc) is 2.51. The Bertz CT molecular complexity index is 827. The lowest BCUT2D eigenvalue weighted by molar-refractivity contribution is 0.458. The number of nitriles is 1. The summed E-state index contributed by atoms with van der Waals surface area (Å²) in [6, 6.07) is 14.7. The highest BCUT2D eigenvalue weighted by Gasteiger charge is 2.10. The zero-order valence-corrected chi connectivity index (χ0v) is 11.0. The van der Waals surface area contributed by atoms with Crippen molar-refractivity contribution in [3.63, 3.8) is 0 Å². The van der Waals surface area contributed by atoms with E-state index in [0.29, 0.717) is 16.3 Å². The fraction of sp³-hybridized carbons (Fsp3) is 0. The Morgan fingerprint density at radius 1 is 1.05 bits per heavy atom. The summed E-state index contributed by atoms with van der Waals surface area (Å²) in [6.45, 7) is 0. The van der Waals surface area contributed by atoms with Crippen molar-refractivity contribution in [3.05, 3.63) is 59.2 Å². The monoisotopic (exact) mass is 281 g/mol. The fourth-order valence-corrected chi connectivity index (χ4v) is 2.13. The van der Waals surface area contributed by atoms with E-state index in [1.807, 2.05) is 30.3 Å². The third-order valence-corrected chi connectivity index (χ3v) is 3.17. The van der Waals surface area contributed by atoms with Gasteiger partial charge in [0.15, 0.2) is 0 Å². The van der Waals surface area contributed by atoms with E-state index in [0.717, 1.165) is 10.8 Å². The van der Waals surface area contributed by atoms with Gasteiger partial charge in [0.1, 0.15) is 17.4 Å². The first-order valence-corrected chi connectivity index (χ1v) is 6.24. The van der Waals surface area contributed by atoms with E-state index in [9.17, 15) is 0 Å². The van der Waals surface area contributed by atoms with Gasteiger partial charge in [0.05, 0.1) is 6.20 Å². The summed E-state index contributed by atoms with van der Waals surface area (Å²) in [7, 11) is 0. The molecule has 1 heterocycles. The van der Waals surface area contributed by atoms with E-state index in [-0.39, 0.29) is 5.88 Å². The fourth-order valence-electron chi connectivity index (χ4n) is 1.91. The molecule has 0 aliphatic rings. The first kappa shape index (κ1) is 12.4. The van der Waals surface area contributed by atoms with Gasteiger partial charge in [-0.15, -0.1) is 5.10 Å². The van der Waals surface area contributed by atoms with Gasteiger partial charge in [0.2, 0.25) is 0 Å². The molecule has 0 amide bonds. The zero-order chi connectivity index (χ0) is 13.9. The van der Waals surface area contributed by atoms with Crippen molar-refractivity contribution in [2.75, 3.05) is 0 Å². The van der Waals surface area contributed by atoms with Crippen molar-refractivity contribution in [2.45, 2.75) is 0 Å². The molecule has 0 radical (unpaired) electrons. The van der Waals surface area contributed by atoms with E-state index < -0.39 is 0 Å². The molecule has 3 rings (SSSR count). The van der Waals surface area contributed by atoms with Crippen LogP contribution < -0.4 is 4.74 Å². The lowest BCUT2D eigenvalue weighted by Gasteiger charge is -2.09. The largest absolute Gasteiger partial charge is 0.436 e. The molecule has 0 unspecified atom stereocenters. The summed E-state index contributed by atoms with van der Waals surface area (Å²) in [5.41, 5.74) is 0.332. The smallest absolute Gasteiger partial charge is 0.256 e. The van der Waals surface area contributed by atoms with Crippen LogP contribution in [0, 0.1) is 11.3 Å². The number of hydrogen-bond acceptors (Lipinski definition) is 4. The summed E-state index contributed by atoms with van der Waals surface area (Å²) in [6.07, 6.45) is 1.45. The lowest BCUT2D eigenvalue weighted by atomic mass is 10.1. The number of ether oxygens (including phenoxy) is 1. The van der Waals surface area contributed by atoms with Crippen molar-refractivity contribution >= 4 is 22.4 Å². The van der Waals surface area contributed by atoms with Gasteiger partial charge in [-0.2, -0.15) is 10.4 Å². The van der Waals surface area contributed by atoms with Crippen molar-refractivity contribution in [1.29, 1.82) is 5.26 Å². The third kappa shape index (κ3) is 2.15. The maximum absolute atomic E-state index is 9.03. The molecule has 0 spiro atoms. The van der Waals surface area contributed by atoms with Crippen LogP contribution in [0.5, 0.6) is 11.6 Å². The van der Waals surface area contributed by atoms with Crippen LogP contribution in [-0.4, -0.2) is 10.2 Å². The van der Waals surface area contributed by atoms with Crippen LogP contribution in [0.25, 0.3) is 10.8 Å². The van der Waals surface area contributed by atoms with Gasteiger partial charge in [0, 0.05) is 15.8 Å². The molecule has 0 N–H and O–H groups in total. The topological polar surface area (TPSA) is 58.8 Å². The normalized spacial score (nSPS) is 10.2. The minimum Gasteiger partial charge on any atom is -0.436 e. The highest BCUT2D eigenvalue weighted by atomic mass is 35.5. The van der Waals surface area contributed by atoms with Crippen LogP contribution in [0.4, 0.5) is 0 Å². The molecule has 0 fully saturated rings. The minimum atomic E-state index is 0.183. The Hall–Kier alpha value is -2.64. The van der Waals surface area contributed by atoms with Crippen LogP contribution in [0.15, 0.2) is 48.7 Å². The van der Waals surface area contributed by atoms with Crippen LogP contribution in [0.3, 0.4) is 0 Å². The Labute approximate surface area is 120 Å². The second-order valence-corrected chi connectivity index (χ2v) is 4.46. The molecule has 1 aromatic heterocycles. The molecule has 0 atom stereocenters. The lowest BCUT2D eigenvalue weighted by Crippen LogP contribution is -1.94. The van der Waals surface area contributed by atoms with Gasteiger partial charge in [0.25, 0.3) is 5.88 Å². The van der Waals surface area contributed by atoms with Gasteiger partial charge >= 0.3 is 0 Å². The van der Waals surface area contributed by atoms with E-state index in [2.05, 4.69) is 10.2 Å². The van der Waals surface area contributed by atoms with Crippen LogP contribution in [0.2, 0.25) is 5.02 Å². The second kappa shape index (κ2) is 5.16. The summed E-state index contributed by atoms with van der Waals surface area (Å²) < 4.78 is 5.71. The van der Waals surface area contributed by atoms with Crippen molar-refractivity contribution < 1.29 is 4.74 Å². The van der Waals surface area contributed by atoms with E-state index in [4.69, 9.17) is 21.6 Å². The maximum Gasteiger partial charge on any atom is 0.256 e.